The van der Waals surface area contributed by atoms with Crippen LogP contribution in [0.4, 0.5) is 5.69 Å². The molecule has 0 saturated carbocycles. The monoisotopic (exact) mass is 531 g/mol. The molecule has 1 fully saturated rings. The first kappa shape index (κ1) is 26.0. The van der Waals surface area contributed by atoms with Crippen molar-refractivity contribution < 1.29 is 38.7 Å². The van der Waals surface area contributed by atoms with Gasteiger partial charge in [0.05, 0.1) is 24.3 Å². The van der Waals surface area contributed by atoms with Gasteiger partial charge in [-0.1, -0.05) is 6.07 Å². The molecule has 9 heteroatoms. The van der Waals surface area contributed by atoms with Crippen molar-refractivity contribution in [1.82, 2.24) is 0 Å². The fourth-order valence-electron chi connectivity index (χ4n) is 4.76. The maximum absolute atomic E-state index is 13.5. The number of ether oxygens (including phenoxy) is 4. The third kappa shape index (κ3) is 4.71. The second kappa shape index (κ2) is 10.2. The predicted octanol–water partition coefficient (Wildman–Crippen LogP) is 5.24. The Bertz CT molecular complexity index is 1490. The Morgan fingerprint density at radius 3 is 2.51 bits per heavy atom. The zero-order valence-corrected chi connectivity index (χ0v) is 22.1. The average molecular weight is 532 g/mol. The minimum atomic E-state index is -1.02. The Balaban J connectivity index is 1.68. The maximum Gasteiger partial charge on any atom is 0.300 e. The third-order valence-electron chi connectivity index (χ3n) is 6.49. The largest absolute Gasteiger partial charge is 0.507 e. The number of phenolic OH excluding ortho intramolecular Hbond substituents is 1. The molecule has 1 atom stereocenters. The van der Waals surface area contributed by atoms with E-state index in [1.54, 1.807) is 55.5 Å². The van der Waals surface area contributed by atoms with Crippen LogP contribution in [-0.2, 0) is 9.59 Å². The van der Waals surface area contributed by atoms with E-state index < -0.39 is 17.7 Å². The van der Waals surface area contributed by atoms with Crippen LogP contribution in [0.1, 0.15) is 43.5 Å². The minimum absolute atomic E-state index is 0.0378. The van der Waals surface area contributed by atoms with Crippen LogP contribution in [0.2, 0.25) is 0 Å². The first-order valence-electron chi connectivity index (χ1n) is 12.6. The SMILES string of the molecule is CCOc1cc(C2/C(=C(\O)c3ccc(OC(C)C)c(C)c3)C(=O)C(=O)N2c2ccc3c(c2)OCO3)ccc1O. The highest BCUT2D eigenvalue weighted by Crippen LogP contribution is 2.46. The van der Waals surface area contributed by atoms with Crippen LogP contribution in [0.25, 0.3) is 5.76 Å². The fraction of sp³-hybridized carbons (Fsp3) is 0.267. The number of hydrogen-bond donors (Lipinski definition) is 2. The van der Waals surface area contributed by atoms with Gasteiger partial charge in [0.15, 0.2) is 23.0 Å². The molecule has 2 N–H and O–H groups in total. The van der Waals surface area contributed by atoms with Crippen molar-refractivity contribution in [2.24, 2.45) is 0 Å². The molecule has 39 heavy (non-hydrogen) atoms. The lowest BCUT2D eigenvalue weighted by Gasteiger charge is -2.26. The molecule has 1 amide bonds. The van der Waals surface area contributed by atoms with Gasteiger partial charge < -0.3 is 29.2 Å². The van der Waals surface area contributed by atoms with Crippen LogP contribution >= 0.6 is 0 Å². The quantitative estimate of drug-likeness (QED) is 0.242. The maximum atomic E-state index is 13.5. The zero-order chi connectivity index (χ0) is 27.8. The van der Waals surface area contributed by atoms with E-state index >= 15 is 0 Å². The van der Waals surface area contributed by atoms with Gasteiger partial charge in [-0.15, -0.1) is 0 Å². The molecule has 0 aromatic heterocycles. The molecule has 5 rings (SSSR count). The molecule has 0 radical (unpaired) electrons. The van der Waals surface area contributed by atoms with E-state index in [0.717, 1.165) is 5.56 Å². The molecule has 202 valence electrons. The second-order valence-electron chi connectivity index (χ2n) is 9.51. The number of rotatable bonds is 7. The topological polar surface area (TPSA) is 115 Å². The van der Waals surface area contributed by atoms with Crippen LogP contribution in [0.5, 0.6) is 28.7 Å². The molecule has 1 saturated heterocycles. The number of aromatic hydroxyl groups is 1. The lowest BCUT2D eigenvalue weighted by atomic mass is 9.94. The summed E-state index contributed by atoms with van der Waals surface area (Å²) >= 11 is 0. The van der Waals surface area contributed by atoms with Gasteiger partial charge in [-0.3, -0.25) is 14.5 Å². The summed E-state index contributed by atoms with van der Waals surface area (Å²) in [7, 11) is 0. The number of aliphatic hydroxyl groups is 1. The summed E-state index contributed by atoms with van der Waals surface area (Å²) in [6.45, 7) is 7.79. The number of carbonyl (C=O) groups is 2. The molecular formula is C30H29NO8. The van der Waals surface area contributed by atoms with Gasteiger partial charge in [0, 0.05) is 17.3 Å². The van der Waals surface area contributed by atoms with E-state index in [1.165, 1.54) is 11.0 Å². The first-order chi connectivity index (χ1) is 18.7. The zero-order valence-electron chi connectivity index (χ0n) is 22.1. The summed E-state index contributed by atoms with van der Waals surface area (Å²) in [5.41, 5.74) is 1.88. The van der Waals surface area contributed by atoms with Gasteiger partial charge in [-0.25, -0.2) is 0 Å². The van der Waals surface area contributed by atoms with E-state index in [1.807, 2.05) is 20.8 Å². The van der Waals surface area contributed by atoms with Crippen LogP contribution in [0.3, 0.4) is 0 Å². The predicted molar refractivity (Wildman–Crippen MR) is 144 cm³/mol. The summed E-state index contributed by atoms with van der Waals surface area (Å²) in [5.74, 6) is -0.274. The summed E-state index contributed by atoms with van der Waals surface area (Å²) in [6.07, 6.45) is -0.0378. The summed E-state index contributed by atoms with van der Waals surface area (Å²) < 4.78 is 22.3. The number of fused-ring (bicyclic) bond motifs is 1. The van der Waals surface area contributed by atoms with E-state index in [2.05, 4.69) is 0 Å². The number of hydrogen-bond acceptors (Lipinski definition) is 8. The van der Waals surface area contributed by atoms with Gasteiger partial charge >= 0.3 is 0 Å². The van der Waals surface area contributed by atoms with Crippen molar-refractivity contribution in [3.63, 3.8) is 0 Å². The van der Waals surface area contributed by atoms with Crippen LogP contribution in [-0.4, -0.2) is 41.4 Å². The number of aryl methyl sites for hydroxylation is 1. The first-order valence-corrected chi connectivity index (χ1v) is 12.6. The van der Waals surface area contributed by atoms with Crippen molar-refractivity contribution in [2.75, 3.05) is 18.3 Å². The highest BCUT2D eigenvalue weighted by molar-refractivity contribution is 6.51. The van der Waals surface area contributed by atoms with Crippen molar-refractivity contribution in [3.8, 4) is 28.7 Å². The Labute approximate surface area is 225 Å². The lowest BCUT2D eigenvalue weighted by Crippen LogP contribution is -2.29. The van der Waals surface area contributed by atoms with Crippen molar-refractivity contribution in [1.29, 1.82) is 0 Å². The highest BCUT2D eigenvalue weighted by Gasteiger charge is 2.47. The van der Waals surface area contributed by atoms with Gasteiger partial charge in [-0.2, -0.15) is 0 Å². The standard InChI is InChI=1S/C30H29NO8/c1-5-36-24-13-18(6-9-21(24)32)27-26(28(33)19-7-10-22(17(4)12-19)39-16(2)3)29(34)30(35)31(27)20-8-11-23-25(14-20)38-15-37-23/h6-14,16,27,32-33H,5,15H2,1-4H3/b28-26+. The molecule has 0 bridgehead atoms. The van der Waals surface area contributed by atoms with E-state index in [4.69, 9.17) is 18.9 Å². The van der Waals surface area contributed by atoms with Crippen LogP contribution < -0.4 is 23.8 Å². The number of Topliss-reactive ketones (excluding diaryl/α,β-unsaturated/α-hetero) is 1. The Morgan fingerprint density at radius 2 is 1.79 bits per heavy atom. The smallest absolute Gasteiger partial charge is 0.300 e. The molecule has 0 aliphatic carbocycles. The lowest BCUT2D eigenvalue weighted by molar-refractivity contribution is -0.132. The summed E-state index contributed by atoms with van der Waals surface area (Å²) in [4.78, 5) is 28.3. The van der Waals surface area contributed by atoms with Gasteiger partial charge in [0.2, 0.25) is 6.79 Å². The van der Waals surface area contributed by atoms with Crippen molar-refractivity contribution >= 4 is 23.1 Å². The molecular weight excluding hydrogens is 502 g/mol. The number of carbonyl (C=O) groups excluding carboxylic acids is 2. The van der Waals surface area contributed by atoms with E-state index in [9.17, 15) is 19.8 Å². The molecule has 9 nitrogen and oxygen atoms in total. The average Bonchev–Trinajstić information content (AvgIpc) is 3.48. The number of ketones is 1. The van der Waals surface area contributed by atoms with Gasteiger partial charge in [0.1, 0.15) is 11.5 Å². The molecule has 1 unspecified atom stereocenters. The highest BCUT2D eigenvalue weighted by atomic mass is 16.7. The number of amides is 1. The van der Waals surface area contributed by atoms with Crippen LogP contribution in [0, 0.1) is 6.92 Å². The van der Waals surface area contributed by atoms with Crippen molar-refractivity contribution in [3.05, 3.63) is 76.9 Å². The van der Waals surface area contributed by atoms with Crippen molar-refractivity contribution in [2.45, 2.75) is 39.8 Å². The number of phenols is 1. The molecule has 2 aliphatic rings. The number of aliphatic hydroxyl groups excluding tert-OH is 1. The molecule has 3 aromatic rings. The summed E-state index contributed by atoms with van der Waals surface area (Å²) in [6, 6.07) is 13.6. The van der Waals surface area contributed by atoms with E-state index in [0.29, 0.717) is 40.7 Å². The Morgan fingerprint density at radius 1 is 1.03 bits per heavy atom. The van der Waals surface area contributed by atoms with Gasteiger partial charge in [0.25, 0.3) is 11.7 Å². The fourth-order valence-corrected chi connectivity index (χ4v) is 4.76. The number of benzene rings is 3. The number of anilines is 1. The Hall–Kier alpha value is -4.66. The molecule has 2 aliphatic heterocycles. The number of nitrogens with zero attached hydrogens (tertiary/aromatic N) is 1. The summed E-state index contributed by atoms with van der Waals surface area (Å²) in [5, 5.41) is 21.8. The van der Waals surface area contributed by atoms with Crippen LogP contribution in [0.15, 0.2) is 60.2 Å². The Kier molecular flexibility index (Phi) is 6.82. The third-order valence-corrected chi connectivity index (χ3v) is 6.49. The second-order valence-corrected chi connectivity index (χ2v) is 9.51. The van der Waals surface area contributed by atoms with Gasteiger partial charge in [-0.05, 0) is 81.3 Å². The molecule has 0 spiro atoms. The molecule has 2 heterocycles. The molecule has 3 aromatic carbocycles. The normalized spacial score (nSPS) is 17.7. The van der Waals surface area contributed by atoms with E-state index in [-0.39, 0.29) is 35.7 Å². The minimum Gasteiger partial charge on any atom is -0.507 e.